The third-order valence-electron chi connectivity index (χ3n) is 4.98. The zero-order valence-corrected chi connectivity index (χ0v) is 21.1. The summed E-state index contributed by atoms with van der Waals surface area (Å²) in [5.41, 5.74) is 2.02. The summed E-state index contributed by atoms with van der Waals surface area (Å²) in [4.78, 5) is 25.0. The molecule has 34 heavy (non-hydrogen) atoms. The van der Waals surface area contributed by atoms with Crippen LogP contribution in [0.2, 0.25) is 10.0 Å². The Balaban J connectivity index is 1.82. The van der Waals surface area contributed by atoms with Crippen molar-refractivity contribution in [3.05, 3.63) is 97.4 Å². The number of pyridine rings is 1. The van der Waals surface area contributed by atoms with Gasteiger partial charge in [-0.2, -0.15) is 0 Å². The van der Waals surface area contributed by atoms with Gasteiger partial charge in [0.15, 0.2) is 0 Å². The molecule has 0 atom stereocenters. The van der Waals surface area contributed by atoms with Crippen molar-refractivity contribution in [2.24, 2.45) is 0 Å². The first kappa shape index (κ1) is 25.6. The number of benzene rings is 2. The van der Waals surface area contributed by atoms with Crippen molar-refractivity contribution >= 4 is 41.3 Å². The summed E-state index contributed by atoms with van der Waals surface area (Å²) in [6, 6.07) is 16.2. The van der Waals surface area contributed by atoms with Gasteiger partial charge in [0, 0.05) is 6.54 Å². The Morgan fingerprint density at radius 1 is 1.00 bits per heavy atom. The van der Waals surface area contributed by atoms with E-state index >= 15 is 0 Å². The summed E-state index contributed by atoms with van der Waals surface area (Å²) in [5.74, 6) is 0.360. The summed E-state index contributed by atoms with van der Waals surface area (Å²) in [7, 11) is 1.61. The van der Waals surface area contributed by atoms with Crippen LogP contribution >= 0.6 is 23.2 Å². The third-order valence-corrected chi connectivity index (χ3v) is 5.55. The predicted octanol–water partition coefficient (Wildman–Crippen LogP) is 6.53. The number of aromatic nitrogens is 1. The van der Waals surface area contributed by atoms with Crippen LogP contribution in [0, 0.1) is 0 Å². The Hall–Kier alpha value is -3.02. The fourth-order valence-corrected chi connectivity index (χ4v) is 3.85. The van der Waals surface area contributed by atoms with Crippen molar-refractivity contribution in [2.75, 3.05) is 7.11 Å². The standard InChI is InChI=1S/C27H27Cl2NO4/c1-27(2,3)34-26(32)20-11-8-18(9-12-20)14-15-30-24(22(28)17-23(29)25(30)31)13-10-19-6-5-7-21(16-19)33-4/h5-13,16-17H,14-15H2,1-4H3. The van der Waals surface area contributed by atoms with Crippen LogP contribution in [0.3, 0.4) is 0 Å². The fraction of sp³-hybridized carbons (Fsp3) is 0.259. The first-order valence-electron chi connectivity index (χ1n) is 10.8. The van der Waals surface area contributed by atoms with Gasteiger partial charge in [0.2, 0.25) is 0 Å². The van der Waals surface area contributed by atoms with Gasteiger partial charge in [0.25, 0.3) is 5.56 Å². The first-order valence-corrected chi connectivity index (χ1v) is 11.6. The van der Waals surface area contributed by atoms with Gasteiger partial charge in [-0.25, -0.2) is 4.79 Å². The smallest absolute Gasteiger partial charge is 0.338 e. The highest BCUT2D eigenvalue weighted by Gasteiger charge is 2.18. The van der Waals surface area contributed by atoms with Crippen molar-refractivity contribution in [1.82, 2.24) is 4.57 Å². The number of nitrogens with zero attached hydrogens (tertiary/aromatic N) is 1. The van der Waals surface area contributed by atoms with Crippen molar-refractivity contribution in [3.63, 3.8) is 0 Å². The molecular weight excluding hydrogens is 473 g/mol. The summed E-state index contributed by atoms with van der Waals surface area (Å²) < 4.78 is 12.2. The monoisotopic (exact) mass is 499 g/mol. The molecule has 3 aromatic rings. The van der Waals surface area contributed by atoms with Gasteiger partial charge in [-0.05, 0) is 74.7 Å². The van der Waals surface area contributed by atoms with E-state index in [9.17, 15) is 9.59 Å². The number of esters is 1. The second kappa shape index (κ2) is 10.9. The van der Waals surface area contributed by atoms with E-state index in [-0.39, 0.29) is 16.6 Å². The van der Waals surface area contributed by atoms with Crippen LogP contribution in [-0.2, 0) is 17.7 Å². The largest absolute Gasteiger partial charge is 0.497 e. The van der Waals surface area contributed by atoms with Gasteiger partial charge >= 0.3 is 5.97 Å². The lowest BCUT2D eigenvalue weighted by Gasteiger charge is -2.19. The van der Waals surface area contributed by atoms with Crippen molar-refractivity contribution < 1.29 is 14.3 Å². The molecule has 5 nitrogen and oxygen atoms in total. The van der Waals surface area contributed by atoms with E-state index in [1.54, 1.807) is 29.9 Å². The molecule has 1 heterocycles. The van der Waals surface area contributed by atoms with Gasteiger partial charge in [-0.15, -0.1) is 0 Å². The summed E-state index contributed by atoms with van der Waals surface area (Å²) in [5, 5.41) is 0.438. The van der Waals surface area contributed by atoms with E-state index in [1.165, 1.54) is 6.07 Å². The zero-order valence-electron chi connectivity index (χ0n) is 19.6. The molecule has 0 unspecified atom stereocenters. The average Bonchev–Trinajstić information content (AvgIpc) is 2.79. The highest BCUT2D eigenvalue weighted by atomic mass is 35.5. The maximum absolute atomic E-state index is 12.8. The molecule has 0 saturated heterocycles. The van der Waals surface area contributed by atoms with Gasteiger partial charge in [0.1, 0.15) is 16.4 Å². The number of carbonyl (C=O) groups excluding carboxylic acids is 1. The van der Waals surface area contributed by atoms with Crippen LogP contribution in [0.1, 0.15) is 48.0 Å². The number of aryl methyl sites for hydroxylation is 1. The van der Waals surface area contributed by atoms with Crippen LogP contribution in [0.25, 0.3) is 12.2 Å². The van der Waals surface area contributed by atoms with Crippen LogP contribution in [-0.4, -0.2) is 23.2 Å². The number of hydrogen-bond acceptors (Lipinski definition) is 4. The third kappa shape index (κ3) is 6.75. The summed E-state index contributed by atoms with van der Waals surface area (Å²) in [6.45, 7) is 5.84. The zero-order chi connectivity index (χ0) is 24.9. The molecule has 0 bridgehead atoms. The van der Waals surface area contributed by atoms with Gasteiger partial charge in [-0.1, -0.05) is 53.5 Å². The molecule has 0 fully saturated rings. The molecule has 0 spiro atoms. The van der Waals surface area contributed by atoms with Crippen molar-refractivity contribution in [2.45, 2.75) is 39.3 Å². The maximum Gasteiger partial charge on any atom is 0.338 e. The first-order chi connectivity index (χ1) is 16.1. The molecule has 0 saturated carbocycles. The molecule has 2 aromatic carbocycles. The molecule has 0 amide bonds. The molecule has 178 valence electrons. The second-order valence-electron chi connectivity index (χ2n) is 8.74. The Morgan fingerprint density at radius 2 is 1.71 bits per heavy atom. The Kier molecular flexibility index (Phi) is 8.24. The molecule has 0 N–H and O–H groups in total. The fourth-order valence-electron chi connectivity index (χ4n) is 3.31. The Morgan fingerprint density at radius 3 is 2.35 bits per heavy atom. The minimum Gasteiger partial charge on any atom is -0.497 e. The summed E-state index contributed by atoms with van der Waals surface area (Å²) in [6.07, 6.45) is 4.20. The van der Waals surface area contributed by atoms with E-state index in [2.05, 4.69) is 0 Å². The number of methoxy groups -OCH3 is 1. The van der Waals surface area contributed by atoms with E-state index in [0.29, 0.717) is 29.2 Å². The molecule has 0 radical (unpaired) electrons. The molecule has 0 aliphatic heterocycles. The van der Waals surface area contributed by atoms with E-state index in [1.807, 2.05) is 63.2 Å². The van der Waals surface area contributed by atoms with Crippen LogP contribution < -0.4 is 10.3 Å². The lowest BCUT2D eigenvalue weighted by atomic mass is 10.1. The number of ether oxygens (including phenoxy) is 2. The second-order valence-corrected chi connectivity index (χ2v) is 9.56. The Bertz CT molecular complexity index is 1260. The minimum atomic E-state index is -0.558. The van der Waals surface area contributed by atoms with Crippen LogP contribution in [0.15, 0.2) is 59.4 Å². The maximum atomic E-state index is 12.8. The molecule has 0 aliphatic carbocycles. The highest BCUT2D eigenvalue weighted by molar-refractivity contribution is 6.35. The number of halogens is 2. The van der Waals surface area contributed by atoms with Crippen LogP contribution in [0.5, 0.6) is 5.75 Å². The van der Waals surface area contributed by atoms with Gasteiger partial charge < -0.3 is 14.0 Å². The number of hydrogen-bond donors (Lipinski definition) is 0. The lowest BCUT2D eigenvalue weighted by Crippen LogP contribution is -2.24. The van der Waals surface area contributed by atoms with E-state index in [0.717, 1.165) is 16.9 Å². The quantitative estimate of drug-likeness (QED) is 0.346. The van der Waals surface area contributed by atoms with Crippen molar-refractivity contribution in [3.8, 4) is 5.75 Å². The molecule has 0 aliphatic rings. The average molecular weight is 500 g/mol. The minimum absolute atomic E-state index is 0.0591. The molecule has 3 rings (SSSR count). The Labute approximate surface area is 209 Å². The molecule has 1 aromatic heterocycles. The topological polar surface area (TPSA) is 57.5 Å². The molecule has 7 heteroatoms. The lowest BCUT2D eigenvalue weighted by molar-refractivity contribution is 0.00695. The number of carbonyl (C=O) groups is 1. The normalized spacial score (nSPS) is 11.6. The number of rotatable bonds is 7. The SMILES string of the molecule is COc1cccc(C=Cc2c(Cl)cc(Cl)c(=O)n2CCc2ccc(C(=O)OC(C)(C)C)cc2)c1. The molecular formula is C27H27Cl2NO4. The van der Waals surface area contributed by atoms with Crippen molar-refractivity contribution in [1.29, 1.82) is 0 Å². The van der Waals surface area contributed by atoms with Gasteiger partial charge in [-0.3, -0.25) is 4.79 Å². The van der Waals surface area contributed by atoms with Gasteiger partial charge in [0.05, 0.1) is 23.4 Å². The van der Waals surface area contributed by atoms with Crippen LogP contribution in [0.4, 0.5) is 0 Å². The highest BCUT2D eigenvalue weighted by Crippen LogP contribution is 2.22. The summed E-state index contributed by atoms with van der Waals surface area (Å²) >= 11 is 12.6. The van der Waals surface area contributed by atoms with E-state index in [4.69, 9.17) is 32.7 Å². The van der Waals surface area contributed by atoms with E-state index < -0.39 is 5.60 Å². The predicted molar refractivity (Wildman–Crippen MR) is 138 cm³/mol.